The van der Waals surface area contributed by atoms with Crippen LogP contribution >= 0.6 is 0 Å². The fourth-order valence-electron chi connectivity index (χ4n) is 3.59. The number of aliphatic carboxylic acids is 1. The zero-order valence-corrected chi connectivity index (χ0v) is 14.2. The molecule has 1 unspecified atom stereocenters. The van der Waals surface area contributed by atoms with Gasteiger partial charge in [0.2, 0.25) is 5.91 Å². The summed E-state index contributed by atoms with van der Waals surface area (Å²) in [6, 6.07) is 11.4. The summed E-state index contributed by atoms with van der Waals surface area (Å²) < 4.78 is 0. The molecule has 1 amide bonds. The minimum atomic E-state index is -0.888. The molecule has 1 aliphatic rings. The first kappa shape index (κ1) is 16.2. The largest absolute Gasteiger partial charge is 0.481 e. The summed E-state index contributed by atoms with van der Waals surface area (Å²) >= 11 is 0. The van der Waals surface area contributed by atoms with Gasteiger partial charge in [-0.25, -0.2) is 0 Å². The number of carboxylic acid groups (broad SMARTS) is 1. The van der Waals surface area contributed by atoms with E-state index in [-0.39, 0.29) is 12.5 Å². The second-order valence-corrected chi connectivity index (χ2v) is 6.51. The number of amides is 1. The van der Waals surface area contributed by atoms with Crippen molar-refractivity contribution in [2.75, 3.05) is 11.4 Å². The highest BCUT2D eigenvalue weighted by Gasteiger charge is 2.36. The smallest absolute Gasteiger partial charge is 0.312 e. The average molecular weight is 323 g/mol. The molecule has 1 heterocycles. The summed E-state index contributed by atoms with van der Waals surface area (Å²) in [6.45, 7) is 6.28. The zero-order chi connectivity index (χ0) is 17.4. The summed E-state index contributed by atoms with van der Waals surface area (Å²) in [7, 11) is 0. The highest BCUT2D eigenvalue weighted by atomic mass is 16.4. The molecule has 3 rings (SSSR count). The van der Waals surface area contributed by atoms with Crippen LogP contribution < -0.4 is 4.90 Å². The van der Waals surface area contributed by atoms with Gasteiger partial charge in [0.15, 0.2) is 0 Å². The van der Waals surface area contributed by atoms with Gasteiger partial charge in [0.05, 0.1) is 6.42 Å². The Bertz CT molecular complexity index is 802. The lowest BCUT2D eigenvalue weighted by atomic mass is 9.97. The van der Waals surface area contributed by atoms with Crippen molar-refractivity contribution in [1.29, 1.82) is 0 Å². The van der Waals surface area contributed by atoms with Crippen molar-refractivity contribution < 1.29 is 14.7 Å². The summed E-state index contributed by atoms with van der Waals surface area (Å²) in [5.74, 6) is -1.59. The Morgan fingerprint density at radius 1 is 1.12 bits per heavy atom. The van der Waals surface area contributed by atoms with E-state index in [2.05, 4.69) is 12.1 Å². The van der Waals surface area contributed by atoms with E-state index in [1.807, 2.05) is 39.0 Å². The van der Waals surface area contributed by atoms with Gasteiger partial charge in [-0.05, 0) is 49.1 Å². The van der Waals surface area contributed by atoms with Crippen LogP contribution in [0.3, 0.4) is 0 Å². The maximum absolute atomic E-state index is 12.9. The molecule has 124 valence electrons. The molecule has 0 saturated heterocycles. The molecule has 0 aromatic heterocycles. The van der Waals surface area contributed by atoms with Crippen molar-refractivity contribution in [3.8, 4) is 0 Å². The molecule has 0 aliphatic carbocycles. The fourth-order valence-corrected chi connectivity index (χ4v) is 3.59. The number of rotatable bonds is 3. The van der Waals surface area contributed by atoms with Crippen LogP contribution in [-0.4, -0.2) is 23.5 Å². The van der Waals surface area contributed by atoms with Crippen molar-refractivity contribution in [3.63, 3.8) is 0 Å². The van der Waals surface area contributed by atoms with E-state index >= 15 is 0 Å². The number of fused-ring (bicyclic) bond motifs is 1. The Morgan fingerprint density at radius 3 is 2.38 bits per heavy atom. The Balaban J connectivity index is 1.91. The number of para-hydroxylation sites is 1. The predicted octanol–water partition coefficient (Wildman–Crippen LogP) is 3.37. The third-order valence-corrected chi connectivity index (χ3v) is 4.74. The van der Waals surface area contributed by atoms with E-state index in [1.54, 1.807) is 11.0 Å². The van der Waals surface area contributed by atoms with Crippen molar-refractivity contribution in [1.82, 2.24) is 0 Å². The first-order valence-electron chi connectivity index (χ1n) is 8.07. The van der Waals surface area contributed by atoms with Crippen molar-refractivity contribution >= 4 is 17.6 Å². The first-order valence-corrected chi connectivity index (χ1v) is 8.07. The van der Waals surface area contributed by atoms with Crippen LogP contribution in [0.1, 0.15) is 33.7 Å². The van der Waals surface area contributed by atoms with Crippen LogP contribution in [0.25, 0.3) is 0 Å². The van der Waals surface area contributed by atoms with Crippen LogP contribution in [0.5, 0.6) is 0 Å². The zero-order valence-electron chi connectivity index (χ0n) is 14.2. The highest BCUT2D eigenvalue weighted by Crippen LogP contribution is 2.36. The first-order chi connectivity index (χ1) is 11.4. The van der Waals surface area contributed by atoms with E-state index in [1.165, 1.54) is 5.56 Å². The SMILES string of the molecule is Cc1cc(C)c(CC(=O)N2CC(C(=O)O)c3ccccc32)c(C)c1. The monoisotopic (exact) mass is 323 g/mol. The van der Waals surface area contributed by atoms with Crippen LogP contribution in [-0.2, 0) is 16.0 Å². The van der Waals surface area contributed by atoms with Gasteiger partial charge < -0.3 is 10.0 Å². The Morgan fingerprint density at radius 2 is 1.75 bits per heavy atom. The fraction of sp³-hybridized carbons (Fsp3) is 0.300. The second-order valence-electron chi connectivity index (χ2n) is 6.51. The minimum Gasteiger partial charge on any atom is -0.481 e. The third kappa shape index (κ3) is 2.80. The molecule has 2 aromatic carbocycles. The quantitative estimate of drug-likeness (QED) is 0.942. The number of carboxylic acids is 1. The Hall–Kier alpha value is -2.62. The van der Waals surface area contributed by atoms with Gasteiger partial charge in [0.1, 0.15) is 5.92 Å². The predicted molar refractivity (Wildman–Crippen MR) is 93.5 cm³/mol. The summed E-state index contributed by atoms with van der Waals surface area (Å²) in [6.07, 6.45) is 0.290. The van der Waals surface area contributed by atoms with Gasteiger partial charge in [0, 0.05) is 12.2 Å². The summed E-state index contributed by atoms with van der Waals surface area (Å²) in [5.41, 5.74) is 5.85. The van der Waals surface area contributed by atoms with E-state index in [4.69, 9.17) is 0 Å². The van der Waals surface area contributed by atoms with Gasteiger partial charge >= 0.3 is 5.97 Å². The topological polar surface area (TPSA) is 57.6 Å². The lowest BCUT2D eigenvalue weighted by Crippen LogP contribution is -2.32. The lowest BCUT2D eigenvalue weighted by Gasteiger charge is -2.19. The third-order valence-electron chi connectivity index (χ3n) is 4.74. The van der Waals surface area contributed by atoms with Crippen molar-refractivity contribution in [2.24, 2.45) is 0 Å². The number of benzene rings is 2. The van der Waals surface area contributed by atoms with E-state index in [9.17, 15) is 14.7 Å². The minimum absolute atomic E-state index is 0.0544. The van der Waals surface area contributed by atoms with Crippen LogP contribution in [0.4, 0.5) is 5.69 Å². The van der Waals surface area contributed by atoms with E-state index in [0.717, 1.165) is 27.9 Å². The molecule has 0 saturated carbocycles. The van der Waals surface area contributed by atoms with Gasteiger partial charge in [-0.2, -0.15) is 0 Å². The van der Waals surface area contributed by atoms with Crippen molar-refractivity contribution in [3.05, 3.63) is 64.2 Å². The molecule has 0 fully saturated rings. The maximum Gasteiger partial charge on any atom is 0.312 e. The number of hydrogen-bond acceptors (Lipinski definition) is 2. The van der Waals surface area contributed by atoms with Crippen molar-refractivity contribution in [2.45, 2.75) is 33.1 Å². The highest BCUT2D eigenvalue weighted by molar-refractivity contribution is 6.00. The molecule has 4 nitrogen and oxygen atoms in total. The number of hydrogen-bond donors (Lipinski definition) is 1. The van der Waals surface area contributed by atoms with E-state index in [0.29, 0.717) is 6.42 Å². The molecule has 2 aromatic rings. The van der Waals surface area contributed by atoms with E-state index < -0.39 is 11.9 Å². The molecular weight excluding hydrogens is 302 g/mol. The van der Waals surface area contributed by atoms with Gasteiger partial charge in [-0.1, -0.05) is 35.9 Å². The molecule has 4 heteroatoms. The number of carbonyl (C=O) groups excluding carboxylic acids is 1. The number of nitrogens with zero attached hydrogens (tertiary/aromatic N) is 1. The second kappa shape index (κ2) is 6.11. The molecule has 0 bridgehead atoms. The van der Waals surface area contributed by atoms with Crippen LogP contribution in [0.2, 0.25) is 0 Å². The number of anilines is 1. The lowest BCUT2D eigenvalue weighted by molar-refractivity contribution is -0.138. The standard InChI is InChI=1S/C20H21NO3/c1-12-8-13(2)16(14(3)9-12)10-19(22)21-11-17(20(23)24)15-6-4-5-7-18(15)21/h4-9,17H,10-11H2,1-3H3,(H,23,24). The average Bonchev–Trinajstić information content (AvgIpc) is 2.90. The Kier molecular flexibility index (Phi) is 4.14. The normalized spacial score (nSPS) is 16.1. The molecule has 0 spiro atoms. The van der Waals surface area contributed by atoms with Crippen LogP contribution in [0, 0.1) is 20.8 Å². The molecular formula is C20H21NO3. The summed E-state index contributed by atoms with van der Waals surface area (Å²) in [4.78, 5) is 26.0. The number of carbonyl (C=O) groups is 2. The molecule has 1 atom stereocenters. The van der Waals surface area contributed by atoms with Crippen LogP contribution in [0.15, 0.2) is 36.4 Å². The molecule has 24 heavy (non-hydrogen) atoms. The Labute approximate surface area is 141 Å². The van der Waals surface area contributed by atoms with Gasteiger partial charge in [0.25, 0.3) is 0 Å². The molecule has 0 radical (unpaired) electrons. The summed E-state index contributed by atoms with van der Waals surface area (Å²) in [5, 5.41) is 9.43. The maximum atomic E-state index is 12.9. The molecule has 1 N–H and O–H groups in total. The van der Waals surface area contributed by atoms with Gasteiger partial charge in [-0.3, -0.25) is 9.59 Å². The molecule has 1 aliphatic heterocycles. The van der Waals surface area contributed by atoms with Gasteiger partial charge in [-0.15, -0.1) is 0 Å². The number of aryl methyl sites for hydroxylation is 3.